The molecule has 20 heavy (non-hydrogen) atoms. The van der Waals surface area contributed by atoms with E-state index in [-0.39, 0.29) is 16.4 Å². The number of nitrogens with one attached hydrogen (secondary N) is 1. The number of aromatic nitrogens is 1. The first-order chi connectivity index (χ1) is 9.29. The molecule has 2 aromatic rings. The summed E-state index contributed by atoms with van der Waals surface area (Å²) in [5, 5.41) is 11.8. The van der Waals surface area contributed by atoms with Crippen LogP contribution in [0.1, 0.15) is 21.6 Å². The minimum absolute atomic E-state index is 0.194. The zero-order valence-corrected chi connectivity index (χ0v) is 11.0. The average Bonchev–Trinajstić information content (AvgIpc) is 2.78. The highest BCUT2D eigenvalue weighted by molar-refractivity contribution is 7.14. The minimum atomic E-state index is -4.45. The minimum Gasteiger partial charge on any atom is -0.476 e. The van der Waals surface area contributed by atoms with Crippen molar-refractivity contribution in [1.82, 2.24) is 4.98 Å². The smallest absolute Gasteiger partial charge is 0.416 e. The molecule has 1 aromatic heterocycles. The second kappa shape index (κ2) is 5.12. The summed E-state index contributed by atoms with van der Waals surface area (Å²) in [6, 6.07) is 3.25. The highest BCUT2D eigenvalue weighted by atomic mass is 32.1. The lowest BCUT2D eigenvalue weighted by Crippen LogP contribution is -2.07. The lowest BCUT2D eigenvalue weighted by Gasteiger charge is -2.12. The van der Waals surface area contributed by atoms with E-state index < -0.39 is 17.7 Å². The average molecular weight is 302 g/mol. The third kappa shape index (κ3) is 2.90. The van der Waals surface area contributed by atoms with Crippen LogP contribution in [0.15, 0.2) is 23.7 Å². The zero-order chi connectivity index (χ0) is 14.9. The normalized spacial score (nSPS) is 11.4. The van der Waals surface area contributed by atoms with E-state index in [0.29, 0.717) is 5.56 Å². The highest BCUT2D eigenvalue weighted by Gasteiger charge is 2.31. The summed E-state index contributed by atoms with van der Waals surface area (Å²) in [5.74, 6) is -1.24. The Bertz CT molecular complexity index is 652. The Morgan fingerprint density at radius 2 is 2.10 bits per heavy atom. The van der Waals surface area contributed by atoms with Crippen LogP contribution in [0.4, 0.5) is 23.9 Å². The van der Waals surface area contributed by atoms with Crippen LogP contribution in [0.2, 0.25) is 0 Å². The summed E-state index contributed by atoms with van der Waals surface area (Å²) in [5.41, 5.74) is 1.07. The van der Waals surface area contributed by atoms with E-state index in [1.165, 1.54) is 11.6 Å². The fraction of sp³-hybridized carbons (Fsp3) is 0.167. The molecule has 0 spiro atoms. The van der Waals surface area contributed by atoms with Crippen molar-refractivity contribution >= 4 is 28.0 Å². The number of carboxylic acid groups (broad SMARTS) is 1. The van der Waals surface area contributed by atoms with Gasteiger partial charge in [-0.2, -0.15) is 13.2 Å². The van der Waals surface area contributed by atoms with Crippen molar-refractivity contribution in [1.29, 1.82) is 0 Å². The summed E-state index contributed by atoms with van der Waals surface area (Å²) in [4.78, 5) is 14.6. The van der Waals surface area contributed by atoms with Gasteiger partial charge in [0, 0.05) is 5.69 Å². The third-order valence-corrected chi connectivity index (χ3v) is 3.33. The number of thiazole rings is 1. The third-order valence-electron chi connectivity index (χ3n) is 2.58. The Labute approximate surface area is 115 Å². The number of aryl methyl sites for hydroxylation is 1. The second-order valence-electron chi connectivity index (χ2n) is 3.99. The van der Waals surface area contributed by atoms with Gasteiger partial charge in [0.2, 0.25) is 0 Å². The van der Waals surface area contributed by atoms with Gasteiger partial charge in [0.25, 0.3) is 0 Å². The molecule has 0 atom stereocenters. The number of aromatic carboxylic acids is 1. The Morgan fingerprint density at radius 3 is 2.70 bits per heavy atom. The highest BCUT2D eigenvalue weighted by Crippen LogP contribution is 2.34. The van der Waals surface area contributed by atoms with Crippen molar-refractivity contribution in [3.05, 3.63) is 40.5 Å². The van der Waals surface area contributed by atoms with E-state index in [0.717, 1.165) is 23.5 Å². The van der Waals surface area contributed by atoms with Crippen molar-refractivity contribution in [3.63, 3.8) is 0 Å². The maximum atomic E-state index is 12.7. The number of nitrogens with zero attached hydrogens (tertiary/aromatic N) is 1. The number of hydrogen-bond acceptors (Lipinski definition) is 4. The zero-order valence-electron chi connectivity index (χ0n) is 10.2. The van der Waals surface area contributed by atoms with Crippen molar-refractivity contribution in [2.45, 2.75) is 13.1 Å². The lowest BCUT2D eigenvalue weighted by atomic mass is 10.1. The van der Waals surface area contributed by atoms with Crippen LogP contribution in [0.5, 0.6) is 0 Å². The molecule has 0 aliphatic carbocycles. The number of anilines is 2. The SMILES string of the molecule is Cc1ccc(C(F)(F)F)cc1Nc1scnc1C(=O)O. The standard InChI is InChI=1S/C12H9F3N2O2S/c1-6-2-3-7(12(13,14)15)4-8(6)17-10-9(11(18)19)16-5-20-10/h2-5,17H,1H3,(H,18,19). The van der Waals surface area contributed by atoms with E-state index >= 15 is 0 Å². The number of carbonyl (C=O) groups is 1. The van der Waals surface area contributed by atoms with Gasteiger partial charge in [-0.05, 0) is 24.6 Å². The van der Waals surface area contributed by atoms with Crippen LogP contribution in [0, 0.1) is 6.92 Å². The molecule has 1 aromatic carbocycles. The van der Waals surface area contributed by atoms with Crippen molar-refractivity contribution in [3.8, 4) is 0 Å². The molecule has 0 saturated heterocycles. The first kappa shape index (κ1) is 14.3. The second-order valence-corrected chi connectivity index (χ2v) is 4.84. The summed E-state index contributed by atoms with van der Waals surface area (Å²) in [6.07, 6.45) is -4.45. The van der Waals surface area contributed by atoms with Gasteiger partial charge in [0.1, 0.15) is 5.00 Å². The van der Waals surface area contributed by atoms with E-state index in [4.69, 9.17) is 5.11 Å². The molecule has 0 amide bonds. The quantitative estimate of drug-likeness (QED) is 0.902. The monoisotopic (exact) mass is 302 g/mol. The number of rotatable bonds is 3. The van der Waals surface area contributed by atoms with Gasteiger partial charge in [0.15, 0.2) is 5.69 Å². The maximum absolute atomic E-state index is 12.7. The number of halogens is 3. The molecule has 0 radical (unpaired) electrons. The summed E-state index contributed by atoms with van der Waals surface area (Å²) in [7, 11) is 0. The van der Waals surface area contributed by atoms with Gasteiger partial charge in [0.05, 0.1) is 11.1 Å². The van der Waals surface area contributed by atoms with Gasteiger partial charge < -0.3 is 10.4 Å². The Hall–Kier alpha value is -2.09. The molecule has 0 fully saturated rings. The number of carboxylic acids is 1. The molecule has 2 rings (SSSR count). The molecule has 4 nitrogen and oxygen atoms in total. The molecule has 0 unspecified atom stereocenters. The van der Waals surface area contributed by atoms with Crippen LogP contribution in [0.3, 0.4) is 0 Å². The topological polar surface area (TPSA) is 62.2 Å². The largest absolute Gasteiger partial charge is 0.476 e. The first-order valence-corrected chi connectivity index (χ1v) is 6.28. The predicted molar refractivity (Wildman–Crippen MR) is 68.5 cm³/mol. The van der Waals surface area contributed by atoms with E-state index in [1.54, 1.807) is 6.92 Å². The van der Waals surface area contributed by atoms with Gasteiger partial charge in [-0.25, -0.2) is 9.78 Å². The molecule has 0 bridgehead atoms. The molecule has 1 heterocycles. The lowest BCUT2D eigenvalue weighted by molar-refractivity contribution is -0.137. The van der Waals surface area contributed by atoms with E-state index in [1.807, 2.05) is 0 Å². The van der Waals surface area contributed by atoms with E-state index in [9.17, 15) is 18.0 Å². The molecule has 0 aliphatic rings. The molecule has 2 N–H and O–H groups in total. The van der Waals surface area contributed by atoms with E-state index in [2.05, 4.69) is 10.3 Å². The van der Waals surface area contributed by atoms with Gasteiger partial charge in [-0.3, -0.25) is 0 Å². The van der Waals surface area contributed by atoms with Crippen molar-refractivity contribution in [2.75, 3.05) is 5.32 Å². The Balaban J connectivity index is 2.38. The molecule has 0 saturated carbocycles. The fourth-order valence-electron chi connectivity index (χ4n) is 1.54. The number of benzene rings is 1. The Morgan fingerprint density at radius 1 is 1.40 bits per heavy atom. The Kier molecular flexibility index (Phi) is 3.67. The van der Waals surface area contributed by atoms with Crippen LogP contribution in [-0.4, -0.2) is 16.1 Å². The molecular weight excluding hydrogens is 293 g/mol. The molecule has 8 heteroatoms. The van der Waals surface area contributed by atoms with Gasteiger partial charge in [-0.1, -0.05) is 6.07 Å². The van der Waals surface area contributed by atoms with Gasteiger partial charge >= 0.3 is 12.1 Å². The van der Waals surface area contributed by atoms with Gasteiger partial charge in [-0.15, -0.1) is 11.3 Å². The molecule has 106 valence electrons. The molecule has 0 aliphatic heterocycles. The van der Waals surface area contributed by atoms with Crippen molar-refractivity contribution < 1.29 is 23.1 Å². The number of hydrogen-bond donors (Lipinski definition) is 2. The van der Waals surface area contributed by atoms with Crippen LogP contribution < -0.4 is 5.32 Å². The van der Waals surface area contributed by atoms with Crippen LogP contribution in [0.25, 0.3) is 0 Å². The summed E-state index contributed by atoms with van der Waals surface area (Å²) < 4.78 is 38.0. The fourth-order valence-corrected chi connectivity index (χ4v) is 2.23. The van der Waals surface area contributed by atoms with Crippen LogP contribution >= 0.6 is 11.3 Å². The molecular formula is C12H9F3N2O2S. The van der Waals surface area contributed by atoms with Crippen molar-refractivity contribution in [2.24, 2.45) is 0 Å². The number of alkyl halides is 3. The van der Waals surface area contributed by atoms with Crippen LogP contribution in [-0.2, 0) is 6.18 Å². The maximum Gasteiger partial charge on any atom is 0.416 e. The predicted octanol–water partition coefficient (Wildman–Crippen LogP) is 3.91. The summed E-state index contributed by atoms with van der Waals surface area (Å²) in [6.45, 7) is 1.63. The first-order valence-electron chi connectivity index (χ1n) is 5.40. The summed E-state index contributed by atoms with van der Waals surface area (Å²) >= 11 is 1.01.